The van der Waals surface area contributed by atoms with E-state index in [1.165, 1.54) is 0 Å². The smallest absolute Gasteiger partial charge is 0.230 e. The van der Waals surface area contributed by atoms with Crippen LogP contribution < -0.4 is 5.32 Å². The molecule has 1 fully saturated rings. The molecule has 0 radical (unpaired) electrons. The van der Waals surface area contributed by atoms with Gasteiger partial charge in [0.05, 0.1) is 5.41 Å². The lowest BCUT2D eigenvalue weighted by Gasteiger charge is -2.16. The van der Waals surface area contributed by atoms with Crippen LogP contribution >= 0.6 is 11.6 Å². The van der Waals surface area contributed by atoms with Crippen molar-refractivity contribution in [3.63, 3.8) is 0 Å². The largest absolute Gasteiger partial charge is 0.381 e. The van der Waals surface area contributed by atoms with Gasteiger partial charge in [0.2, 0.25) is 5.91 Å². The first-order chi connectivity index (χ1) is 10.2. The van der Waals surface area contributed by atoms with Crippen molar-refractivity contribution in [1.29, 1.82) is 0 Å². The number of nitrogens with one attached hydrogen (secondary N) is 1. The highest BCUT2D eigenvalue weighted by Crippen LogP contribution is 2.48. The summed E-state index contributed by atoms with van der Waals surface area (Å²) >= 11 is 6.02. The van der Waals surface area contributed by atoms with Gasteiger partial charge in [0.15, 0.2) is 0 Å². The normalized spacial score (nSPS) is 15.7. The third-order valence-corrected chi connectivity index (χ3v) is 4.19. The minimum Gasteiger partial charge on any atom is -0.381 e. The van der Waals surface area contributed by atoms with E-state index in [0.29, 0.717) is 18.2 Å². The summed E-state index contributed by atoms with van der Waals surface area (Å²) in [4.78, 5) is 12.4. The average molecular weight is 310 g/mol. The third-order valence-electron chi connectivity index (χ3n) is 3.96. The van der Waals surface area contributed by atoms with Gasteiger partial charge in [-0.1, -0.05) is 37.1 Å². The molecule has 3 nitrogen and oxygen atoms in total. The summed E-state index contributed by atoms with van der Waals surface area (Å²) in [7, 11) is 0. The molecule has 0 aliphatic heterocycles. The minimum absolute atomic E-state index is 0.123. The maximum atomic E-state index is 12.4. The molecular formula is C17H24ClNO2. The predicted octanol–water partition coefficient (Wildman–Crippen LogP) is 3.69. The van der Waals surface area contributed by atoms with Crippen molar-refractivity contribution in [3.8, 4) is 0 Å². The fourth-order valence-electron chi connectivity index (χ4n) is 2.45. The Morgan fingerprint density at radius 2 is 2.10 bits per heavy atom. The average Bonchev–Trinajstić information content (AvgIpc) is 3.28. The topological polar surface area (TPSA) is 38.3 Å². The van der Waals surface area contributed by atoms with E-state index in [-0.39, 0.29) is 11.3 Å². The number of benzene rings is 1. The zero-order chi connectivity index (χ0) is 15.1. The summed E-state index contributed by atoms with van der Waals surface area (Å²) in [5, 5.41) is 3.72. The van der Waals surface area contributed by atoms with E-state index in [0.717, 1.165) is 44.3 Å². The lowest BCUT2D eigenvalue weighted by Crippen LogP contribution is -2.35. The standard InChI is InChI=1S/C17H24ClNO2/c1-2-3-11-21-12-5-10-19-16(20)17(8-9-17)14-6-4-7-15(18)13-14/h4,6-7,13H,2-3,5,8-12H2,1H3,(H,19,20). The summed E-state index contributed by atoms with van der Waals surface area (Å²) in [6.07, 6.45) is 4.93. The molecule has 0 saturated heterocycles. The van der Waals surface area contributed by atoms with Crippen molar-refractivity contribution in [2.24, 2.45) is 0 Å². The molecule has 116 valence electrons. The summed E-state index contributed by atoms with van der Waals surface area (Å²) in [5.41, 5.74) is 0.695. The zero-order valence-electron chi connectivity index (χ0n) is 12.7. The van der Waals surface area contributed by atoms with E-state index in [1.807, 2.05) is 24.3 Å². The summed E-state index contributed by atoms with van der Waals surface area (Å²) in [6, 6.07) is 7.65. The van der Waals surface area contributed by atoms with Crippen LogP contribution in [0, 0.1) is 0 Å². The molecule has 0 heterocycles. The van der Waals surface area contributed by atoms with Crippen molar-refractivity contribution < 1.29 is 9.53 Å². The second-order valence-electron chi connectivity index (χ2n) is 5.67. The quantitative estimate of drug-likeness (QED) is 0.706. The number of carbonyl (C=O) groups excluding carboxylic acids is 1. The number of rotatable bonds is 9. The van der Waals surface area contributed by atoms with Crippen LogP contribution in [0.25, 0.3) is 0 Å². The Kier molecular flexibility index (Phi) is 6.07. The Balaban J connectivity index is 1.73. The maximum Gasteiger partial charge on any atom is 0.230 e. The molecule has 0 bridgehead atoms. The second-order valence-corrected chi connectivity index (χ2v) is 6.10. The molecule has 1 saturated carbocycles. The van der Waals surface area contributed by atoms with Gasteiger partial charge in [-0.15, -0.1) is 0 Å². The van der Waals surface area contributed by atoms with Crippen LogP contribution in [0.15, 0.2) is 24.3 Å². The van der Waals surface area contributed by atoms with Gasteiger partial charge in [0.25, 0.3) is 0 Å². The molecule has 0 atom stereocenters. The van der Waals surface area contributed by atoms with E-state index in [2.05, 4.69) is 12.2 Å². The monoisotopic (exact) mass is 309 g/mol. The molecule has 1 amide bonds. The van der Waals surface area contributed by atoms with Crippen molar-refractivity contribution in [2.75, 3.05) is 19.8 Å². The molecule has 0 unspecified atom stereocenters. The van der Waals surface area contributed by atoms with Crippen LogP contribution in [0.1, 0.15) is 44.6 Å². The SMILES string of the molecule is CCCCOCCCNC(=O)C1(c2cccc(Cl)c2)CC1. The number of halogens is 1. The van der Waals surface area contributed by atoms with Gasteiger partial charge < -0.3 is 10.1 Å². The Hall–Kier alpha value is -1.06. The number of hydrogen-bond donors (Lipinski definition) is 1. The highest BCUT2D eigenvalue weighted by Gasteiger charge is 2.51. The number of unbranched alkanes of at least 4 members (excludes halogenated alkanes) is 1. The summed E-state index contributed by atoms with van der Waals surface area (Å²) in [5.74, 6) is 0.123. The first-order valence-corrected chi connectivity index (χ1v) is 8.19. The van der Waals surface area contributed by atoms with Gasteiger partial charge in [-0.3, -0.25) is 4.79 Å². The Bertz CT molecular complexity index is 472. The summed E-state index contributed by atoms with van der Waals surface area (Å²) < 4.78 is 5.49. The molecule has 0 spiro atoms. The first kappa shape index (κ1) is 16.3. The van der Waals surface area contributed by atoms with Crippen molar-refractivity contribution in [3.05, 3.63) is 34.9 Å². The van der Waals surface area contributed by atoms with Gasteiger partial charge >= 0.3 is 0 Å². The molecule has 1 aliphatic carbocycles. The number of carbonyl (C=O) groups is 1. The summed E-state index contributed by atoms with van der Waals surface area (Å²) in [6.45, 7) is 4.35. The minimum atomic E-state index is -0.339. The van der Waals surface area contributed by atoms with E-state index >= 15 is 0 Å². The molecule has 1 N–H and O–H groups in total. The van der Waals surface area contributed by atoms with Crippen molar-refractivity contribution in [2.45, 2.75) is 44.4 Å². The fourth-order valence-corrected chi connectivity index (χ4v) is 2.64. The van der Waals surface area contributed by atoms with Gasteiger partial charge in [-0.2, -0.15) is 0 Å². The molecule has 1 aliphatic rings. The van der Waals surface area contributed by atoms with Crippen LogP contribution in [-0.2, 0) is 14.9 Å². The maximum absolute atomic E-state index is 12.4. The number of hydrogen-bond acceptors (Lipinski definition) is 2. The van der Waals surface area contributed by atoms with Crippen LogP contribution in [0.3, 0.4) is 0 Å². The molecule has 1 aromatic rings. The number of ether oxygens (including phenoxy) is 1. The highest BCUT2D eigenvalue weighted by atomic mass is 35.5. The van der Waals surface area contributed by atoms with E-state index in [1.54, 1.807) is 0 Å². The first-order valence-electron chi connectivity index (χ1n) is 7.81. The Morgan fingerprint density at radius 1 is 1.33 bits per heavy atom. The third kappa shape index (κ3) is 4.45. The van der Waals surface area contributed by atoms with E-state index < -0.39 is 0 Å². The van der Waals surface area contributed by atoms with Crippen LogP contribution in [0.4, 0.5) is 0 Å². The molecular weight excluding hydrogens is 286 g/mol. The molecule has 2 rings (SSSR count). The van der Waals surface area contributed by atoms with Gasteiger partial charge in [-0.05, 0) is 43.4 Å². The molecule has 1 aromatic carbocycles. The molecule has 4 heteroatoms. The molecule has 0 aromatic heterocycles. The zero-order valence-corrected chi connectivity index (χ0v) is 13.4. The van der Waals surface area contributed by atoms with Crippen molar-refractivity contribution >= 4 is 17.5 Å². The van der Waals surface area contributed by atoms with Gasteiger partial charge in [0.1, 0.15) is 0 Å². The van der Waals surface area contributed by atoms with Crippen LogP contribution in [-0.4, -0.2) is 25.7 Å². The van der Waals surface area contributed by atoms with Gasteiger partial charge in [-0.25, -0.2) is 0 Å². The fraction of sp³-hybridized carbons (Fsp3) is 0.588. The van der Waals surface area contributed by atoms with Crippen molar-refractivity contribution in [1.82, 2.24) is 5.32 Å². The second kappa shape index (κ2) is 7.81. The predicted molar refractivity (Wildman–Crippen MR) is 85.7 cm³/mol. The van der Waals surface area contributed by atoms with Crippen LogP contribution in [0.5, 0.6) is 0 Å². The molecule has 21 heavy (non-hydrogen) atoms. The lowest BCUT2D eigenvalue weighted by atomic mass is 9.95. The Morgan fingerprint density at radius 3 is 2.76 bits per heavy atom. The van der Waals surface area contributed by atoms with Crippen LogP contribution in [0.2, 0.25) is 5.02 Å². The lowest BCUT2D eigenvalue weighted by molar-refractivity contribution is -0.123. The highest BCUT2D eigenvalue weighted by molar-refractivity contribution is 6.30. The van der Waals surface area contributed by atoms with Gasteiger partial charge in [0, 0.05) is 24.8 Å². The van der Waals surface area contributed by atoms with E-state index in [9.17, 15) is 4.79 Å². The Labute approximate surface area is 132 Å². The number of amides is 1. The van der Waals surface area contributed by atoms with E-state index in [4.69, 9.17) is 16.3 Å².